The molecule has 1 atom stereocenters. The maximum Gasteiger partial charge on any atom is 0.310 e. The van der Waals surface area contributed by atoms with Crippen molar-refractivity contribution >= 4 is 17.4 Å². The number of ketones is 1. The van der Waals surface area contributed by atoms with Crippen LogP contribution in [0, 0.1) is 0 Å². The van der Waals surface area contributed by atoms with Crippen molar-refractivity contribution < 1.29 is 23.8 Å². The molecule has 0 bridgehead atoms. The third-order valence-electron chi connectivity index (χ3n) is 5.23. The highest BCUT2D eigenvalue weighted by Gasteiger charge is 2.33. The van der Waals surface area contributed by atoms with Crippen LogP contribution in [0.3, 0.4) is 0 Å². The molecule has 0 spiro atoms. The minimum atomic E-state index is -0.642. The summed E-state index contributed by atoms with van der Waals surface area (Å²) in [5, 5.41) is 0. The lowest BCUT2D eigenvalue weighted by Crippen LogP contribution is -2.25. The Labute approximate surface area is 170 Å². The van der Waals surface area contributed by atoms with Crippen LogP contribution in [0.25, 0.3) is 0 Å². The highest BCUT2D eigenvalue weighted by atomic mass is 16.7. The molecule has 2 aliphatic rings. The van der Waals surface area contributed by atoms with Gasteiger partial charge in [-0.1, -0.05) is 30.3 Å². The normalized spacial score (nSPS) is 20.0. The zero-order valence-electron chi connectivity index (χ0n) is 16.9. The summed E-state index contributed by atoms with van der Waals surface area (Å²) in [5.74, 6) is -1.02. The number of carbonyl (C=O) groups excluding carboxylic acids is 2. The molecule has 2 aromatic carbocycles. The fraction of sp³-hybridized carbons (Fsp3) is 0.391. The van der Waals surface area contributed by atoms with Crippen molar-refractivity contribution in [3.8, 4) is 0 Å². The lowest BCUT2D eigenvalue weighted by Gasteiger charge is -2.19. The molecule has 29 heavy (non-hydrogen) atoms. The lowest BCUT2D eigenvalue weighted by atomic mass is 9.97. The van der Waals surface area contributed by atoms with Gasteiger partial charge < -0.3 is 19.1 Å². The number of rotatable bonds is 4. The minimum Gasteiger partial charge on any atom is -0.463 e. The second-order valence-electron chi connectivity index (χ2n) is 8.00. The molecule has 6 heteroatoms. The number of esters is 1. The lowest BCUT2D eigenvalue weighted by molar-refractivity contribution is -0.157. The van der Waals surface area contributed by atoms with Gasteiger partial charge in [0.15, 0.2) is 11.6 Å². The second-order valence-corrected chi connectivity index (χ2v) is 8.00. The van der Waals surface area contributed by atoms with Crippen molar-refractivity contribution in [2.75, 3.05) is 25.2 Å². The van der Waals surface area contributed by atoms with Crippen LogP contribution in [0.5, 0.6) is 0 Å². The van der Waals surface area contributed by atoms with E-state index in [0.717, 1.165) is 16.8 Å². The summed E-state index contributed by atoms with van der Waals surface area (Å²) >= 11 is 0. The van der Waals surface area contributed by atoms with Gasteiger partial charge in [0.25, 0.3) is 0 Å². The van der Waals surface area contributed by atoms with Crippen molar-refractivity contribution in [3.05, 3.63) is 64.7 Å². The molecule has 0 aliphatic carbocycles. The molecule has 2 heterocycles. The third kappa shape index (κ3) is 4.18. The molecule has 152 valence electrons. The van der Waals surface area contributed by atoms with Gasteiger partial charge in [-0.15, -0.1) is 0 Å². The summed E-state index contributed by atoms with van der Waals surface area (Å²) in [5.41, 5.74) is 3.93. The Morgan fingerprint density at radius 1 is 1.21 bits per heavy atom. The standard InChI is InChI=1S/C23H25NO5/c1-23(2)28-14-17(29-23)13-27-21(25)11-15-8-9-20-19(10-15)22(26)18-7-5-4-6-16(18)12-24(20)3/h4-10,17H,11-14H2,1-3H3. The molecule has 1 saturated heterocycles. The van der Waals surface area contributed by atoms with Crippen LogP contribution in [-0.2, 0) is 32.0 Å². The van der Waals surface area contributed by atoms with E-state index < -0.39 is 5.79 Å². The van der Waals surface area contributed by atoms with E-state index in [4.69, 9.17) is 14.2 Å². The number of nitrogens with zero attached hydrogens (tertiary/aromatic N) is 1. The smallest absolute Gasteiger partial charge is 0.310 e. The van der Waals surface area contributed by atoms with Crippen LogP contribution in [-0.4, -0.2) is 43.9 Å². The van der Waals surface area contributed by atoms with Crippen LogP contribution in [0.2, 0.25) is 0 Å². The van der Waals surface area contributed by atoms with Gasteiger partial charge >= 0.3 is 5.97 Å². The first-order chi connectivity index (χ1) is 13.8. The number of carbonyl (C=O) groups is 2. The Bertz CT molecular complexity index is 952. The van der Waals surface area contributed by atoms with Gasteiger partial charge in [-0.25, -0.2) is 0 Å². The Kier molecular flexibility index (Phi) is 5.15. The predicted molar refractivity (Wildman–Crippen MR) is 108 cm³/mol. The fourth-order valence-corrected chi connectivity index (χ4v) is 3.82. The molecular weight excluding hydrogens is 370 g/mol. The third-order valence-corrected chi connectivity index (χ3v) is 5.23. The molecule has 2 aromatic rings. The van der Waals surface area contributed by atoms with Crippen LogP contribution in [0.1, 0.15) is 40.9 Å². The van der Waals surface area contributed by atoms with Crippen LogP contribution in [0.4, 0.5) is 5.69 Å². The molecule has 1 unspecified atom stereocenters. The molecule has 4 rings (SSSR count). The van der Waals surface area contributed by atoms with E-state index >= 15 is 0 Å². The van der Waals surface area contributed by atoms with Gasteiger partial charge in [0.1, 0.15) is 12.7 Å². The van der Waals surface area contributed by atoms with Crippen molar-refractivity contribution in [1.29, 1.82) is 0 Å². The van der Waals surface area contributed by atoms with Crippen LogP contribution >= 0.6 is 0 Å². The maximum atomic E-state index is 13.1. The Balaban J connectivity index is 1.47. The summed E-state index contributed by atoms with van der Waals surface area (Å²) in [6, 6.07) is 13.2. The van der Waals surface area contributed by atoms with E-state index in [1.165, 1.54) is 0 Å². The Morgan fingerprint density at radius 2 is 2.00 bits per heavy atom. The molecule has 0 saturated carbocycles. The second kappa shape index (κ2) is 7.61. The van der Waals surface area contributed by atoms with Gasteiger partial charge in [0, 0.05) is 30.4 Å². The minimum absolute atomic E-state index is 0.0195. The molecule has 0 amide bonds. The largest absolute Gasteiger partial charge is 0.463 e. The monoisotopic (exact) mass is 395 g/mol. The van der Waals surface area contributed by atoms with Gasteiger partial charge in [0.05, 0.1) is 13.0 Å². The predicted octanol–water partition coefficient (Wildman–Crippen LogP) is 3.10. The first-order valence-corrected chi connectivity index (χ1v) is 9.76. The summed E-state index contributed by atoms with van der Waals surface area (Å²) in [4.78, 5) is 27.5. The van der Waals surface area contributed by atoms with Gasteiger partial charge in [-0.3, -0.25) is 9.59 Å². The highest BCUT2D eigenvalue weighted by molar-refractivity contribution is 6.14. The SMILES string of the molecule is CN1Cc2ccccc2C(=O)c2cc(CC(=O)OCC3COC(C)(C)O3)ccc21. The number of hydrogen-bond acceptors (Lipinski definition) is 6. The van der Waals surface area contributed by atoms with E-state index in [1.807, 2.05) is 57.3 Å². The molecule has 0 N–H and O–H groups in total. The molecule has 0 radical (unpaired) electrons. The van der Waals surface area contributed by atoms with E-state index in [0.29, 0.717) is 24.3 Å². The molecular formula is C23H25NO5. The zero-order chi connectivity index (χ0) is 20.6. The summed E-state index contributed by atoms with van der Waals surface area (Å²) in [6.07, 6.45) is -0.157. The fourth-order valence-electron chi connectivity index (χ4n) is 3.82. The maximum absolute atomic E-state index is 13.1. The number of benzene rings is 2. The first-order valence-electron chi connectivity index (χ1n) is 9.76. The van der Waals surface area contributed by atoms with Gasteiger partial charge in [-0.2, -0.15) is 0 Å². The van der Waals surface area contributed by atoms with Crippen molar-refractivity contribution in [3.63, 3.8) is 0 Å². The molecule has 0 aromatic heterocycles. The number of anilines is 1. The quantitative estimate of drug-likeness (QED) is 0.742. The van der Waals surface area contributed by atoms with E-state index in [2.05, 4.69) is 4.90 Å². The molecule has 2 aliphatic heterocycles. The van der Waals surface area contributed by atoms with E-state index in [-0.39, 0.29) is 30.9 Å². The zero-order valence-corrected chi connectivity index (χ0v) is 16.9. The molecule has 1 fully saturated rings. The number of hydrogen-bond donors (Lipinski definition) is 0. The van der Waals surface area contributed by atoms with Crippen molar-refractivity contribution in [1.82, 2.24) is 0 Å². The van der Waals surface area contributed by atoms with Crippen LogP contribution in [0.15, 0.2) is 42.5 Å². The number of fused-ring (bicyclic) bond motifs is 2. The van der Waals surface area contributed by atoms with E-state index in [1.54, 1.807) is 6.07 Å². The summed E-state index contributed by atoms with van der Waals surface area (Å²) in [7, 11) is 1.97. The highest BCUT2D eigenvalue weighted by Crippen LogP contribution is 2.30. The van der Waals surface area contributed by atoms with E-state index in [9.17, 15) is 9.59 Å². The number of ether oxygens (including phenoxy) is 3. The van der Waals surface area contributed by atoms with Crippen LogP contribution < -0.4 is 4.90 Å². The first kappa shape index (κ1) is 19.6. The van der Waals surface area contributed by atoms with Crippen molar-refractivity contribution in [2.45, 2.75) is 38.7 Å². The van der Waals surface area contributed by atoms with Gasteiger partial charge in [-0.05, 0) is 37.1 Å². The topological polar surface area (TPSA) is 65.1 Å². The average molecular weight is 395 g/mol. The Hall–Kier alpha value is -2.70. The van der Waals surface area contributed by atoms with Gasteiger partial charge in [0.2, 0.25) is 0 Å². The van der Waals surface area contributed by atoms with Crippen molar-refractivity contribution in [2.24, 2.45) is 0 Å². The average Bonchev–Trinajstić information content (AvgIpc) is 3.00. The molecule has 6 nitrogen and oxygen atoms in total. The summed E-state index contributed by atoms with van der Waals surface area (Å²) < 4.78 is 16.5. The summed E-state index contributed by atoms with van der Waals surface area (Å²) in [6.45, 7) is 4.88. The Morgan fingerprint density at radius 3 is 2.76 bits per heavy atom.